The Morgan fingerprint density at radius 2 is 1.97 bits per heavy atom. The van der Waals surface area contributed by atoms with Crippen molar-refractivity contribution in [3.63, 3.8) is 0 Å². The first-order valence-electron chi connectivity index (χ1n) is 11.7. The number of carbonyl (C=O) groups excluding carboxylic acids is 1. The van der Waals surface area contributed by atoms with Crippen LogP contribution in [0.3, 0.4) is 0 Å². The fourth-order valence-electron chi connectivity index (χ4n) is 4.47. The molecule has 10 heteroatoms. The van der Waals surface area contributed by atoms with Crippen molar-refractivity contribution < 1.29 is 18.7 Å². The molecule has 1 amide bonds. The molecule has 2 aliphatic rings. The molecule has 5 heterocycles. The zero-order valence-electron chi connectivity index (χ0n) is 18.9. The molecule has 176 valence electrons. The normalized spacial score (nSPS) is 18.8. The lowest BCUT2D eigenvalue weighted by atomic mass is 10.0. The molecular weight excluding hydrogens is 424 g/mol. The van der Waals surface area contributed by atoms with Gasteiger partial charge >= 0.3 is 0 Å². The molecule has 0 aromatic carbocycles. The van der Waals surface area contributed by atoms with E-state index in [0.29, 0.717) is 37.5 Å². The van der Waals surface area contributed by atoms with Crippen molar-refractivity contribution in [2.24, 2.45) is 0 Å². The van der Waals surface area contributed by atoms with Crippen LogP contribution in [0.25, 0.3) is 5.65 Å². The maximum atomic E-state index is 12.4. The van der Waals surface area contributed by atoms with Gasteiger partial charge in [-0.05, 0) is 37.6 Å². The van der Waals surface area contributed by atoms with Gasteiger partial charge in [-0.1, -0.05) is 0 Å². The number of piperidine rings is 1. The summed E-state index contributed by atoms with van der Waals surface area (Å²) in [5.74, 6) is 2.06. The van der Waals surface area contributed by atoms with Crippen molar-refractivity contribution >= 4 is 17.4 Å². The van der Waals surface area contributed by atoms with E-state index < -0.39 is 5.79 Å². The van der Waals surface area contributed by atoms with Gasteiger partial charge in [0.05, 0.1) is 19.5 Å². The zero-order valence-corrected chi connectivity index (χ0v) is 18.9. The van der Waals surface area contributed by atoms with E-state index in [1.54, 1.807) is 10.8 Å². The number of aromatic nitrogens is 4. The Labute approximate surface area is 192 Å². The van der Waals surface area contributed by atoms with Crippen molar-refractivity contribution in [2.45, 2.75) is 57.3 Å². The number of ether oxygens (including phenoxy) is 2. The molecule has 2 saturated heterocycles. The van der Waals surface area contributed by atoms with Crippen LogP contribution in [0, 0.1) is 0 Å². The van der Waals surface area contributed by atoms with Gasteiger partial charge in [0, 0.05) is 51.2 Å². The van der Waals surface area contributed by atoms with E-state index in [-0.39, 0.29) is 11.9 Å². The number of fused-ring (bicyclic) bond motifs is 1. The van der Waals surface area contributed by atoms with Crippen LogP contribution in [0.2, 0.25) is 0 Å². The number of amides is 1. The number of aryl methyl sites for hydroxylation is 2. The van der Waals surface area contributed by atoms with Crippen molar-refractivity contribution in [1.82, 2.24) is 25.1 Å². The molecule has 0 radical (unpaired) electrons. The van der Waals surface area contributed by atoms with Gasteiger partial charge in [0.1, 0.15) is 11.6 Å². The Kier molecular flexibility index (Phi) is 6.28. The maximum absolute atomic E-state index is 12.4. The van der Waals surface area contributed by atoms with Crippen LogP contribution in [0.4, 0.5) is 5.82 Å². The molecule has 1 spiro atoms. The summed E-state index contributed by atoms with van der Waals surface area (Å²) in [4.78, 5) is 14.7. The third-order valence-corrected chi connectivity index (χ3v) is 6.36. The van der Waals surface area contributed by atoms with Crippen molar-refractivity contribution in [2.75, 3.05) is 31.2 Å². The Balaban J connectivity index is 1.15. The average Bonchev–Trinajstić information content (AvgIpc) is 3.58. The van der Waals surface area contributed by atoms with Crippen LogP contribution in [0.15, 0.2) is 34.9 Å². The Morgan fingerprint density at radius 3 is 2.73 bits per heavy atom. The number of nitrogens with one attached hydrogen (secondary N) is 1. The number of hydrogen-bond acceptors (Lipinski definition) is 8. The third kappa shape index (κ3) is 5.01. The van der Waals surface area contributed by atoms with E-state index in [9.17, 15) is 4.79 Å². The number of furan rings is 1. The van der Waals surface area contributed by atoms with Gasteiger partial charge in [-0.15, -0.1) is 15.3 Å². The Hall–Kier alpha value is -2.98. The summed E-state index contributed by atoms with van der Waals surface area (Å²) in [6.45, 7) is 4.98. The van der Waals surface area contributed by atoms with E-state index in [1.165, 1.54) is 0 Å². The average molecular weight is 455 g/mol. The Morgan fingerprint density at radius 1 is 1.15 bits per heavy atom. The quantitative estimate of drug-likeness (QED) is 0.552. The van der Waals surface area contributed by atoms with Crippen LogP contribution in [-0.4, -0.2) is 63.9 Å². The number of hydrogen-bond donors (Lipinski definition) is 1. The molecule has 2 fully saturated rings. The molecule has 1 atom stereocenters. The third-order valence-electron chi connectivity index (χ3n) is 6.36. The summed E-state index contributed by atoms with van der Waals surface area (Å²) < 4.78 is 18.7. The smallest absolute Gasteiger partial charge is 0.220 e. The summed E-state index contributed by atoms with van der Waals surface area (Å²) in [5.41, 5.74) is 0.678. The molecule has 10 nitrogen and oxygen atoms in total. The molecule has 3 aromatic rings. The van der Waals surface area contributed by atoms with Gasteiger partial charge in [0.15, 0.2) is 17.3 Å². The fraction of sp³-hybridized carbons (Fsp3) is 0.565. The summed E-state index contributed by atoms with van der Waals surface area (Å²) >= 11 is 0. The van der Waals surface area contributed by atoms with E-state index in [0.717, 1.165) is 50.4 Å². The molecule has 1 N–H and O–H groups in total. The molecule has 0 unspecified atom stereocenters. The second-order valence-corrected chi connectivity index (χ2v) is 8.76. The molecular formula is C23H30N6O4. The van der Waals surface area contributed by atoms with E-state index >= 15 is 0 Å². The number of rotatable bonds is 8. The first kappa shape index (κ1) is 21.8. The highest BCUT2D eigenvalue weighted by Crippen LogP contribution is 2.32. The number of anilines is 1. The van der Waals surface area contributed by atoms with Crippen LogP contribution >= 0.6 is 0 Å². The van der Waals surface area contributed by atoms with Crippen molar-refractivity contribution in [3.05, 3.63) is 42.1 Å². The molecule has 5 rings (SSSR count). The van der Waals surface area contributed by atoms with Crippen LogP contribution < -0.4 is 10.2 Å². The van der Waals surface area contributed by atoms with Gasteiger partial charge in [0.2, 0.25) is 5.91 Å². The standard InChI is InChI=1S/C23H30N6O4/c1-17(4-5-18-3-2-14-31-18)24-22(30)9-8-20-26-25-19-6-7-21(27-29(19)20)28-12-10-23(11-13-28)32-15-16-33-23/h2-3,6-7,14,17H,4-5,8-13,15-16H2,1H3,(H,24,30)/t17-/m0/s1. The minimum absolute atomic E-state index is 0.00672. The monoisotopic (exact) mass is 454 g/mol. The lowest BCUT2D eigenvalue weighted by Gasteiger charge is -2.38. The minimum Gasteiger partial charge on any atom is -0.469 e. The fourth-order valence-corrected chi connectivity index (χ4v) is 4.47. The topological polar surface area (TPSA) is 107 Å². The molecule has 0 bridgehead atoms. The number of nitrogens with zero attached hydrogens (tertiary/aromatic N) is 5. The molecule has 33 heavy (non-hydrogen) atoms. The first-order chi connectivity index (χ1) is 16.1. The lowest BCUT2D eigenvalue weighted by Crippen LogP contribution is -2.45. The maximum Gasteiger partial charge on any atom is 0.220 e. The Bertz CT molecular complexity index is 1070. The van der Waals surface area contributed by atoms with Gasteiger partial charge < -0.3 is 24.1 Å². The molecule has 3 aromatic heterocycles. The summed E-state index contributed by atoms with van der Waals surface area (Å²) in [5, 5.41) is 16.3. The zero-order chi connectivity index (χ0) is 22.7. The summed E-state index contributed by atoms with van der Waals surface area (Å²) in [7, 11) is 0. The first-order valence-corrected chi connectivity index (χ1v) is 11.7. The lowest BCUT2D eigenvalue weighted by molar-refractivity contribution is -0.169. The van der Waals surface area contributed by atoms with Gasteiger partial charge in [-0.2, -0.15) is 4.52 Å². The van der Waals surface area contributed by atoms with Crippen molar-refractivity contribution in [3.8, 4) is 0 Å². The van der Waals surface area contributed by atoms with Crippen LogP contribution in [0.5, 0.6) is 0 Å². The van der Waals surface area contributed by atoms with E-state index in [4.69, 9.17) is 19.0 Å². The largest absolute Gasteiger partial charge is 0.469 e. The molecule has 2 aliphatic heterocycles. The predicted octanol–water partition coefficient (Wildman–Crippen LogP) is 2.13. The van der Waals surface area contributed by atoms with Gasteiger partial charge in [-0.3, -0.25) is 4.79 Å². The van der Waals surface area contributed by atoms with E-state index in [2.05, 4.69) is 20.4 Å². The summed E-state index contributed by atoms with van der Waals surface area (Å²) in [6.07, 6.45) is 5.73. The minimum atomic E-state index is -0.412. The van der Waals surface area contributed by atoms with Crippen LogP contribution in [0.1, 0.15) is 44.2 Å². The second-order valence-electron chi connectivity index (χ2n) is 8.76. The van der Waals surface area contributed by atoms with Crippen molar-refractivity contribution in [1.29, 1.82) is 0 Å². The van der Waals surface area contributed by atoms with Crippen LogP contribution in [-0.2, 0) is 27.1 Å². The molecule has 0 saturated carbocycles. The highest BCUT2D eigenvalue weighted by atomic mass is 16.7. The predicted molar refractivity (Wildman–Crippen MR) is 120 cm³/mol. The highest BCUT2D eigenvalue weighted by Gasteiger charge is 2.40. The summed E-state index contributed by atoms with van der Waals surface area (Å²) in [6, 6.07) is 7.78. The van der Waals surface area contributed by atoms with Gasteiger partial charge in [0.25, 0.3) is 0 Å². The molecule has 0 aliphatic carbocycles. The second kappa shape index (κ2) is 9.48. The highest BCUT2D eigenvalue weighted by molar-refractivity contribution is 5.76. The van der Waals surface area contributed by atoms with Gasteiger partial charge in [-0.25, -0.2) is 0 Å². The van der Waals surface area contributed by atoms with E-state index in [1.807, 2.05) is 31.2 Å². The SMILES string of the molecule is C[C@@H](CCc1ccco1)NC(=O)CCc1nnc2ccc(N3CCC4(CC3)OCCO4)nn12. The number of carbonyl (C=O) groups is 1.